The summed E-state index contributed by atoms with van der Waals surface area (Å²) in [5, 5.41) is 12.4. The first kappa shape index (κ1) is 16.2. The highest BCUT2D eigenvalue weighted by molar-refractivity contribution is 5.33. The van der Waals surface area contributed by atoms with Crippen LogP contribution >= 0.6 is 0 Å². The third-order valence-electron chi connectivity index (χ3n) is 3.84. The van der Waals surface area contributed by atoms with Crippen molar-refractivity contribution in [2.24, 2.45) is 0 Å². The normalized spacial score (nSPS) is 19.2. The van der Waals surface area contributed by atoms with Crippen LogP contribution in [0.15, 0.2) is 12.4 Å². The summed E-state index contributed by atoms with van der Waals surface area (Å²) in [6, 6.07) is 0.482. The molecule has 0 aromatic carbocycles. The Morgan fingerprint density at radius 3 is 2.67 bits per heavy atom. The summed E-state index contributed by atoms with van der Waals surface area (Å²) in [5.41, 5.74) is 1.21. The first-order chi connectivity index (χ1) is 9.99. The summed E-state index contributed by atoms with van der Waals surface area (Å²) in [6.07, 6.45) is 8.08. The minimum Gasteiger partial charge on any atom is -0.396 e. The first-order valence-electron chi connectivity index (χ1n) is 7.93. The Kier molecular flexibility index (Phi) is 5.53. The Morgan fingerprint density at radius 1 is 1.33 bits per heavy atom. The number of aliphatic hydroxyl groups is 1. The number of rotatable bonds is 6. The van der Waals surface area contributed by atoms with Crippen LogP contribution in [0, 0.1) is 0 Å². The number of anilines is 1. The molecule has 2 rings (SSSR count). The molecule has 1 unspecified atom stereocenters. The first-order valence-corrected chi connectivity index (χ1v) is 7.93. The van der Waals surface area contributed by atoms with Crippen molar-refractivity contribution >= 4 is 5.95 Å². The van der Waals surface area contributed by atoms with Gasteiger partial charge in [-0.3, -0.25) is 0 Å². The third-order valence-corrected chi connectivity index (χ3v) is 3.84. The van der Waals surface area contributed by atoms with E-state index in [0.29, 0.717) is 6.04 Å². The molecule has 1 aromatic heterocycles. The van der Waals surface area contributed by atoms with E-state index in [4.69, 9.17) is 5.11 Å². The van der Waals surface area contributed by atoms with Crippen LogP contribution in [-0.4, -0.2) is 39.8 Å². The smallest absolute Gasteiger partial charge is 0.225 e. The summed E-state index contributed by atoms with van der Waals surface area (Å²) in [4.78, 5) is 11.4. The molecule has 1 aliphatic rings. The Hall–Kier alpha value is -1.20. The molecule has 0 radical (unpaired) electrons. The van der Waals surface area contributed by atoms with E-state index < -0.39 is 0 Å². The monoisotopic (exact) mass is 292 g/mol. The zero-order chi connectivity index (χ0) is 15.3. The fraction of sp³-hybridized carbons (Fsp3) is 0.750. The number of nitrogens with zero attached hydrogens (tertiary/aromatic N) is 3. The fourth-order valence-electron chi connectivity index (χ4n) is 2.68. The van der Waals surface area contributed by atoms with Crippen LogP contribution < -0.4 is 10.2 Å². The fourth-order valence-corrected chi connectivity index (χ4v) is 2.68. The zero-order valence-electron chi connectivity index (χ0n) is 13.5. The van der Waals surface area contributed by atoms with E-state index in [0.717, 1.165) is 37.4 Å². The van der Waals surface area contributed by atoms with Gasteiger partial charge in [-0.15, -0.1) is 0 Å². The number of hydrogen-bond acceptors (Lipinski definition) is 5. The molecule has 0 amide bonds. The predicted octanol–water partition coefficient (Wildman–Crippen LogP) is 2.11. The predicted molar refractivity (Wildman–Crippen MR) is 85.3 cm³/mol. The quantitative estimate of drug-likeness (QED) is 0.841. The standard InChI is InChI=1S/C16H28N4O/c1-16(2,3)19-12-13-10-17-15(18-11-13)20-8-4-6-14(20)7-5-9-21/h10-11,14,19,21H,4-9,12H2,1-3H3. The average Bonchev–Trinajstić information content (AvgIpc) is 2.91. The Bertz CT molecular complexity index is 427. The van der Waals surface area contributed by atoms with E-state index in [9.17, 15) is 0 Å². The van der Waals surface area contributed by atoms with Gasteiger partial charge in [-0.25, -0.2) is 9.97 Å². The van der Waals surface area contributed by atoms with E-state index in [1.807, 2.05) is 12.4 Å². The van der Waals surface area contributed by atoms with Gasteiger partial charge >= 0.3 is 0 Å². The van der Waals surface area contributed by atoms with Crippen LogP contribution in [-0.2, 0) is 6.54 Å². The van der Waals surface area contributed by atoms with Gasteiger partial charge in [0.05, 0.1) is 0 Å². The molecule has 118 valence electrons. The minimum atomic E-state index is 0.100. The molecule has 1 aromatic rings. The lowest BCUT2D eigenvalue weighted by Gasteiger charge is -2.24. The maximum atomic E-state index is 8.99. The van der Waals surface area contributed by atoms with Gasteiger partial charge in [0, 0.05) is 49.2 Å². The van der Waals surface area contributed by atoms with Gasteiger partial charge in [-0.2, -0.15) is 0 Å². The number of hydrogen-bond donors (Lipinski definition) is 2. The molecule has 2 heterocycles. The second-order valence-corrected chi connectivity index (χ2v) is 6.85. The molecule has 0 aliphatic carbocycles. The molecule has 5 nitrogen and oxygen atoms in total. The summed E-state index contributed by atoms with van der Waals surface area (Å²) in [6.45, 7) is 8.53. The summed E-state index contributed by atoms with van der Waals surface area (Å²) in [7, 11) is 0. The minimum absolute atomic E-state index is 0.100. The summed E-state index contributed by atoms with van der Waals surface area (Å²) in [5.74, 6) is 0.829. The van der Waals surface area contributed by atoms with E-state index in [-0.39, 0.29) is 12.1 Å². The van der Waals surface area contributed by atoms with Gasteiger partial charge in [0.2, 0.25) is 5.95 Å². The van der Waals surface area contributed by atoms with Gasteiger partial charge in [-0.05, 0) is 46.5 Å². The molecule has 1 atom stereocenters. The Labute approximate surface area is 127 Å². The molecular formula is C16H28N4O. The van der Waals surface area contributed by atoms with Crippen molar-refractivity contribution in [2.75, 3.05) is 18.1 Å². The van der Waals surface area contributed by atoms with Gasteiger partial charge in [-0.1, -0.05) is 0 Å². The van der Waals surface area contributed by atoms with Crippen molar-refractivity contribution in [3.05, 3.63) is 18.0 Å². The topological polar surface area (TPSA) is 61.3 Å². The van der Waals surface area contributed by atoms with Crippen molar-refractivity contribution in [3.8, 4) is 0 Å². The van der Waals surface area contributed by atoms with Gasteiger partial charge in [0.25, 0.3) is 0 Å². The van der Waals surface area contributed by atoms with Crippen LogP contribution in [0.5, 0.6) is 0 Å². The van der Waals surface area contributed by atoms with Crippen LogP contribution in [0.2, 0.25) is 0 Å². The van der Waals surface area contributed by atoms with Gasteiger partial charge in [0.1, 0.15) is 0 Å². The molecule has 0 saturated carbocycles. The van der Waals surface area contributed by atoms with Crippen LogP contribution in [0.4, 0.5) is 5.95 Å². The van der Waals surface area contributed by atoms with Crippen molar-refractivity contribution in [1.29, 1.82) is 0 Å². The zero-order valence-corrected chi connectivity index (χ0v) is 13.5. The number of nitrogens with one attached hydrogen (secondary N) is 1. The lowest BCUT2D eigenvalue weighted by atomic mass is 10.1. The van der Waals surface area contributed by atoms with Crippen molar-refractivity contribution in [2.45, 2.75) is 64.6 Å². The van der Waals surface area contributed by atoms with Crippen LogP contribution in [0.25, 0.3) is 0 Å². The third kappa shape index (κ3) is 4.93. The second kappa shape index (κ2) is 7.18. The molecule has 2 N–H and O–H groups in total. The van der Waals surface area contributed by atoms with E-state index >= 15 is 0 Å². The molecule has 1 aliphatic heterocycles. The Morgan fingerprint density at radius 2 is 2.05 bits per heavy atom. The summed E-state index contributed by atoms with van der Waals surface area (Å²) < 4.78 is 0. The molecule has 0 spiro atoms. The maximum Gasteiger partial charge on any atom is 0.225 e. The Balaban J connectivity index is 1.94. The molecule has 21 heavy (non-hydrogen) atoms. The van der Waals surface area contributed by atoms with Crippen LogP contribution in [0.3, 0.4) is 0 Å². The average molecular weight is 292 g/mol. The molecule has 1 saturated heterocycles. The van der Waals surface area contributed by atoms with Gasteiger partial charge in [0.15, 0.2) is 0 Å². The highest BCUT2D eigenvalue weighted by Gasteiger charge is 2.25. The maximum absolute atomic E-state index is 8.99. The van der Waals surface area contributed by atoms with Crippen molar-refractivity contribution < 1.29 is 5.11 Å². The van der Waals surface area contributed by atoms with E-state index in [1.54, 1.807) is 0 Å². The number of aliphatic hydroxyl groups excluding tert-OH is 1. The lowest BCUT2D eigenvalue weighted by molar-refractivity contribution is 0.279. The largest absolute Gasteiger partial charge is 0.396 e. The van der Waals surface area contributed by atoms with Crippen molar-refractivity contribution in [3.63, 3.8) is 0 Å². The van der Waals surface area contributed by atoms with Crippen LogP contribution in [0.1, 0.15) is 52.0 Å². The van der Waals surface area contributed by atoms with E-state index in [2.05, 4.69) is 41.0 Å². The molecule has 5 heteroatoms. The molecular weight excluding hydrogens is 264 g/mol. The number of aromatic nitrogens is 2. The summed E-state index contributed by atoms with van der Waals surface area (Å²) >= 11 is 0. The molecule has 1 fully saturated rings. The second-order valence-electron chi connectivity index (χ2n) is 6.85. The molecule has 0 bridgehead atoms. The van der Waals surface area contributed by atoms with Gasteiger partial charge < -0.3 is 15.3 Å². The highest BCUT2D eigenvalue weighted by Crippen LogP contribution is 2.25. The van der Waals surface area contributed by atoms with Crippen molar-refractivity contribution in [1.82, 2.24) is 15.3 Å². The SMILES string of the molecule is CC(C)(C)NCc1cnc(N2CCCC2CCCO)nc1. The van der Waals surface area contributed by atoms with E-state index in [1.165, 1.54) is 12.8 Å². The lowest BCUT2D eigenvalue weighted by Crippen LogP contribution is -2.35. The highest BCUT2D eigenvalue weighted by atomic mass is 16.2.